The summed E-state index contributed by atoms with van der Waals surface area (Å²) in [5.41, 5.74) is 1.26. The molecule has 2 aliphatic rings. The van der Waals surface area contributed by atoms with E-state index in [1.54, 1.807) is 0 Å². The molecule has 0 unspecified atom stereocenters. The van der Waals surface area contributed by atoms with Gasteiger partial charge in [-0.05, 0) is 49.4 Å². The largest absolute Gasteiger partial charge is 0.454 e. The lowest BCUT2D eigenvalue weighted by molar-refractivity contribution is 0.174. The van der Waals surface area contributed by atoms with Crippen LogP contribution in [0.3, 0.4) is 0 Å². The minimum atomic E-state index is 0.348. The summed E-state index contributed by atoms with van der Waals surface area (Å²) in [6.45, 7) is 2.34. The molecule has 1 heterocycles. The van der Waals surface area contributed by atoms with Gasteiger partial charge in [0.1, 0.15) is 0 Å². The molecule has 3 rings (SSSR count). The van der Waals surface area contributed by atoms with Gasteiger partial charge in [-0.2, -0.15) is 0 Å². The van der Waals surface area contributed by atoms with E-state index in [2.05, 4.69) is 29.6 Å². The topological polar surface area (TPSA) is 30.5 Å². The first-order chi connectivity index (χ1) is 8.92. The van der Waals surface area contributed by atoms with E-state index in [1.807, 2.05) is 6.07 Å². The fourth-order valence-electron chi connectivity index (χ4n) is 2.51. The summed E-state index contributed by atoms with van der Waals surface area (Å²) >= 11 is 0. The van der Waals surface area contributed by atoms with Gasteiger partial charge < -0.3 is 14.8 Å². The Labute approximate surface area is 108 Å². The van der Waals surface area contributed by atoms with Crippen LogP contribution in [0.25, 0.3) is 0 Å². The second kappa shape index (κ2) is 5.44. The lowest BCUT2D eigenvalue weighted by atomic mass is 9.94. The Morgan fingerprint density at radius 2 is 2.11 bits per heavy atom. The van der Waals surface area contributed by atoms with Crippen LogP contribution in [-0.4, -0.2) is 13.3 Å². The van der Waals surface area contributed by atoms with Gasteiger partial charge in [-0.25, -0.2) is 0 Å². The maximum Gasteiger partial charge on any atom is 0.231 e. The number of ether oxygens (including phenoxy) is 2. The highest BCUT2D eigenvalue weighted by Crippen LogP contribution is 2.32. The van der Waals surface area contributed by atoms with Gasteiger partial charge in [-0.15, -0.1) is 0 Å². The SMILES string of the molecule is C1=CC[C@H](CNCc2ccc3c(c2)OCO3)CC1. The molecule has 0 saturated carbocycles. The number of nitrogens with one attached hydrogen (secondary N) is 1. The molecule has 1 N–H and O–H groups in total. The highest BCUT2D eigenvalue weighted by molar-refractivity contribution is 5.44. The summed E-state index contributed by atoms with van der Waals surface area (Å²) in [6, 6.07) is 6.15. The molecular weight excluding hydrogens is 226 g/mol. The normalized spacial score (nSPS) is 21.2. The Morgan fingerprint density at radius 3 is 3.00 bits per heavy atom. The molecule has 0 saturated heterocycles. The number of fused-ring (bicyclic) bond motifs is 1. The van der Waals surface area contributed by atoms with Crippen molar-refractivity contribution in [3.05, 3.63) is 35.9 Å². The zero-order valence-electron chi connectivity index (χ0n) is 10.5. The predicted octanol–water partition coefficient (Wildman–Crippen LogP) is 2.86. The molecule has 0 amide bonds. The summed E-state index contributed by atoms with van der Waals surface area (Å²) in [4.78, 5) is 0. The van der Waals surface area contributed by atoms with Gasteiger partial charge in [0, 0.05) is 6.54 Å². The van der Waals surface area contributed by atoms with Crippen molar-refractivity contribution in [1.82, 2.24) is 5.32 Å². The summed E-state index contributed by atoms with van der Waals surface area (Å²) in [6.07, 6.45) is 8.35. The van der Waals surface area contributed by atoms with E-state index < -0.39 is 0 Å². The zero-order chi connectivity index (χ0) is 12.2. The molecule has 1 atom stereocenters. The van der Waals surface area contributed by atoms with Crippen molar-refractivity contribution in [2.45, 2.75) is 25.8 Å². The molecular formula is C15H19NO2. The summed E-state index contributed by atoms with van der Waals surface area (Å²) in [5.74, 6) is 2.52. The molecule has 1 aliphatic carbocycles. The van der Waals surface area contributed by atoms with Crippen LogP contribution in [0.15, 0.2) is 30.4 Å². The predicted molar refractivity (Wildman–Crippen MR) is 70.8 cm³/mol. The van der Waals surface area contributed by atoms with Crippen molar-refractivity contribution in [3.8, 4) is 11.5 Å². The van der Waals surface area contributed by atoms with Crippen molar-refractivity contribution in [2.24, 2.45) is 5.92 Å². The molecule has 18 heavy (non-hydrogen) atoms. The van der Waals surface area contributed by atoms with Crippen LogP contribution in [0, 0.1) is 5.92 Å². The Balaban J connectivity index is 1.49. The first kappa shape index (κ1) is 11.6. The Hall–Kier alpha value is -1.48. The molecule has 3 nitrogen and oxygen atoms in total. The summed E-state index contributed by atoms with van der Waals surface area (Å²) in [7, 11) is 0. The van der Waals surface area contributed by atoms with Crippen LogP contribution in [0.2, 0.25) is 0 Å². The third-order valence-electron chi connectivity index (χ3n) is 3.58. The number of hydrogen-bond donors (Lipinski definition) is 1. The number of benzene rings is 1. The average molecular weight is 245 g/mol. The van der Waals surface area contributed by atoms with E-state index in [-0.39, 0.29) is 0 Å². The first-order valence-electron chi connectivity index (χ1n) is 6.66. The summed E-state index contributed by atoms with van der Waals surface area (Å²) < 4.78 is 10.7. The second-order valence-electron chi connectivity index (χ2n) is 4.97. The van der Waals surface area contributed by atoms with Crippen molar-refractivity contribution in [3.63, 3.8) is 0 Å². The molecule has 0 radical (unpaired) electrons. The smallest absolute Gasteiger partial charge is 0.231 e. The van der Waals surface area contributed by atoms with Crippen LogP contribution in [0.4, 0.5) is 0 Å². The molecule has 0 spiro atoms. The minimum Gasteiger partial charge on any atom is -0.454 e. The van der Waals surface area contributed by atoms with Gasteiger partial charge in [-0.1, -0.05) is 18.2 Å². The van der Waals surface area contributed by atoms with Crippen molar-refractivity contribution >= 4 is 0 Å². The van der Waals surface area contributed by atoms with E-state index in [4.69, 9.17) is 9.47 Å². The van der Waals surface area contributed by atoms with E-state index in [9.17, 15) is 0 Å². The number of allylic oxidation sites excluding steroid dienone is 2. The Kier molecular flexibility index (Phi) is 3.51. The molecule has 0 bridgehead atoms. The van der Waals surface area contributed by atoms with Crippen LogP contribution >= 0.6 is 0 Å². The van der Waals surface area contributed by atoms with Crippen LogP contribution in [0.1, 0.15) is 24.8 Å². The quantitative estimate of drug-likeness (QED) is 0.827. The van der Waals surface area contributed by atoms with Gasteiger partial charge in [0.05, 0.1) is 0 Å². The van der Waals surface area contributed by atoms with Crippen LogP contribution in [0.5, 0.6) is 11.5 Å². The van der Waals surface area contributed by atoms with Crippen molar-refractivity contribution in [1.29, 1.82) is 0 Å². The van der Waals surface area contributed by atoms with Crippen LogP contribution in [-0.2, 0) is 6.54 Å². The van der Waals surface area contributed by atoms with Crippen molar-refractivity contribution < 1.29 is 9.47 Å². The third kappa shape index (κ3) is 2.67. The molecule has 0 fully saturated rings. The van der Waals surface area contributed by atoms with E-state index in [0.717, 1.165) is 30.5 Å². The number of rotatable bonds is 4. The maximum absolute atomic E-state index is 5.38. The monoisotopic (exact) mass is 245 g/mol. The Bertz CT molecular complexity index is 442. The van der Waals surface area contributed by atoms with E-state index in [0.29, 0.717) is 6.79 Å². The molecule has 1 aromatic carbocycles. The molecule has 0 aromatic heterocycles. The summed E-state index contributed by atoms with van der Waals surface area (Å²) in [5, 5.41) is 3.53. The molecule has 1 aliphatic heterocycles. The highest BCUT2D eigenvalue weighted by Gasteiger charge is 2.13. The maximum atomic E-state index is 5.38. The lowest BCUT2D eigenvalue weighted by Crippen LogP contribution is -2.23. The first-order valence-corrected chi connectivity index (χ1v) is 6.66. The van der Waals surface area contributed by atoms with E-state index >= 15 is 0 Å². The minimum absolute atomic E-state index is 0.348. The fourth-order valence-corrected chi connectivity index (χ4v) is 2.51. The van der Waals surface area contributed by atoms with Crippen molar-refractivity contribution in [2.75, 3.05) is 13.3 Å². The van der Waals surface area contributed by atoms with E-state index in [1.165, 1.54) is 24.8 Å². The standard InChI is InChI=1S/C15H19NO2/c1-2-4-12(5-3-1)9-16-10-13-6-7-14-15(8-13)18-11-17-14/h1-2,6-8,12,16H,3-5,9-11H2/t12-/m0/s1. The number of hydrogen-bond acceptors (Lipinski definition) is 3. The van der Waals surface area contributed by atoms with Gasteiger partial charge in [0.25, 0.3) is 0 Å². The van der Waals surface area contributed by atoms with Gasteiger partial charge in [0.2, 0.25) is 6.79 Å². The second-order valence-corrected chi connectivity index (χ2v) is 4.97. The lowest BCUT2D eigenvalue weighted by Gasteiger charge is -2.18. The Morgan fingerprint density at radius 1 is 1.17 bits per heavy atom. The molecule has 96 valence electrons. The van der Waals surface area contributed by atoms with Gasteiger partial charge in [-0.3, -0.25) is 0 Å². The third-order valence-corrected chi connectivity index (χ3v) is 3.58. The molecule has 1 aromatic rings. The van der Waals surface area contributed by atoms with Gasteiger partial charge >= 0.3 is 0 Å². The average Bonchev–Trinajstić information content (AvgIpc) is 2.87. The van der Waals surface area contributed by atoms with Gasteiger partial charge in [0.15, 0.2) is 11.5 Å². The highest BCUT2D eigenvalue weighted by atomic mass is 16.7. The van der Waals surface area contributed by atoms with Crippen LogP contribution < -0.4 is 14.8 Å². The zero-order valence-corrected chi connectivity index (χ0v) is 10.5. The fraction of sp³-hybridized carbons (Fsp3) is 0.467. The molecule has 3 heteroatoms.